The lowest BCUT2D eigenvalue weighted by atomic mass is 10.2. The van der Waals surface area contributed by atoms with E-state index >= 15 is 0 Å². The molecule has 1 aromatic rings. The van der Waals surface area contributed by atoms with Gasteiger partial charge in [-0.05, 0) is 38.0 Å². The van der Waals surface area contributed by atoms with Crippen LogP contribution in [0.1, 0.15) is 30.1 Å². The number of rotatable bonds is 5. The van der Waals surface area contributed by atoms with E-state index < -0.39 is 27.9 Å². The third-order valence-corrected chi connectivity index (χ3v) is 5.97. The van der Waals surface area contributed by atoms with Crippen molar-refractivity contribution in [2.75, 3.05) is 13.1 Å². The van der Waals surface area contributed by atoms with Crippen molar-refractivity contribution in [1.29, 1.82) is 0 Å². The normalized spacial score (nSPS) is 17.0. The summed E-state index contributed by atoms with van der Waals surface area (Å²) in [5.74, 6) is -1.85. The topological polar surface area (TPSA) is 104 Å². The molecule has 0 spiro atoms. The fourth-order valence-corrected chi connectivity index (χ4v) is 4.27. The number of amides is 1. The number of halogens is 1. The summed E-state index contributed by atoms with van der Waals surface area (Å²) in [7, 11) is -3.77. The number of carboxylic acid groups (broad SMARTS) is 1. The maximum Gasteiger partial charge on any atom is 0.325 e. The van der Waals surface area contributed by atoms with Crippen molar-refractivity contribution in [3.05, 3.63) is 28.8 Å². The van der Waals surface area contributed by atoms with E-state index in [1.165, 1.54) is 29.4 Å². The molecular formula is C14H17ClN2O5S. The van der Waals surface area contributed by atoms with Crippen LogP contribution in [0.3, 0.4) is 0 Å². The van der Waals surface area contributed by atoms with Gasteiger partial charge in [-0.1, -0.05) is 11.6 Å². The van der Waals surface area contributed by atoms with Crippen LogP contribution in [0.15, 0.2) is 23.1 Å². The minimum atomic E-state index is -3.77. The lowest BCUT2D eigenvalue weighted by Gasteiger charge is -2.17. The van der Waals surface area contributed by atoms with Gasteiger partial charge in [0.2, 0.25) is 10.0 Å². The summed E-state index contributed by atoms with van der Waals surface area (Å²) in [5, 5.41) is 11.1. The number of aliphatic carboxylic acids is 1. The standard InChI is InChI=1S/C14H17ClN2O5S/c1-9(14(19)20)16-13(18)10-4-5-11(15)12(8-10)23(21,22)17-6-2-3-7-17/h4-5,8-9H,2-3,6-7H2,1H3,(H,16,18)(H,19,20)/t9-/m1/s1. The van der Waals surface area contributed by atoms with Crippen LogP contribution in [0.4, 0.5) is 0 Å². The van der Waals surface area contributed by atoms with E-state index in [4.69, 9.17) is 16.7 Å². The molecule has 1 aliphatic heterocycles. The monoisotopic (exact) mass is 360 g/mol. The van der Waals surface area contributed by atoms with Gasteiger partial charge >= 0.3 is 5.97 Å². The van der Waals surface area contributed by atoms with E-state index in [9.17, 15) is 18.0 Å². The molecule has 126 valence electrons. The Bertz CT molecular complexity index is 729. The second kappa shape index (κ2) is 6.86. The molecule has 2 N–H and O–H groups in total. The predicted octanol–water partition coefficient (Wildman–Crippen LogP) is 1.33. The SMILES string of the molecule is C[C@@H](NC(=O)c1ccc(Cl)c(S(=O)(=O)N2CCCC2)c1)C(=O)O. The highest BCUT2D eigenvalue weighted by Gasteiger charge is 2.30. The zero-order valence-electron chi connectivity index (χ0n) is 12.5. The first-order valence-electron chi connectivity index (χ1n) is 7.07. The van der Waals surface area contributed by atoms with Crippen molar-refractivity contribution in [3.63, 3.8) is 0 Å². The maximum atomic E-state index is 12.6. The van der Waals surface area contributed by atoms with E-state index in [1.807, 2.05) is 0 Å². The van der Waals surface area contributed by atoms with E-state index in [2.05, 4.69) is 5.32 Å². The van der Waals surface area contributed by atoms with E-state index in [0.29, 0.717) is 13.1 Å². The molecule has 1 atom stereocenters. The predicted molar refractivity (Wildman–Crippen MR) is 84.0 cm³/mol. The zero-order valence-corrected chi connectivity index (χ0v) is 14.0. The molecule has 23 heavy (non-hydrogen) atoms. The summed E-state index contributed by atoms with van der Waals surface area (Å²) >= 11 is 5.99. The number of sulfonamides is 1. The molecule has 0 saturated carbocycles. The minimum Gasteiger partial charge on any atom is -0.480 e. The summed E-state index contributed by atoms with van der Waals surface area (Å²) < 4.78 is 26.5. The van der Waals surface area contributed by atoms with Crippen LogP contribution in [-0.4, -0.2) is 48.8 Å². The van der Waals surface area contributed by atoms with Crippen LogP contribution in [0.25, 0.3) is 0 Å². The Morgan fingerprint density at radius 1 is 1.30 bits per heavy atom. The molecule has 1 amide bonds. The number of nitrogens with one attached hydrogen (secondary N) is 1. The van der Waals surface area contributed by atoms with E-state index in [-0.39, 0.29) is 15.5 Å². The maximum absolute atomic E-state index is 12.6. The Morgan fingerprint density at radius 2 is 1.91 bits per heavy atom. The van der Waals surface area contributed by atoms with Crippen LogP contribution < -0.4 is 5.32 Å². The summed E-state index contributed by atoms with van der Waals surface area (Å²) in [5.41, 5.74) is 0.0419. The summed E-state index contributed by atoms with van der Waals surface area (Å²) in [4.78, 5) is 22.7. The minimum absolute atomic E-state index is 0.0275. The molecule has 1 heterocycles. The highest BCUT2D eigenvalue weighted by atomic mass is 35.5. The summed E-state index contributed by atoms with van der Waals surface area (Å²) in [6.45, 7) is 2.16. The Kier molecular flexibility index (Phi) is 5.28. The molecule has 0 radical (unpaired) electrons. The van der Waals surface area contributed by atoms with Gasteiger partial charge < -0.3 is 10.4 Å². The molecule has 1 aromatic carbocycles. The molecule has 1 aliphatic rings. The number of carbonyl (C=O) groups is 2. The van der Waals surface area contributed by atoms with Crippen molar-refractivity contribution in [2.24, 2.45) is 0 Å². The first-order chi connectivity index (χ1) is 10.7. The lowest BCUT2D eigenvalue weighted by molar-refractivity contribution is -0.138. The van der Waals surface area contributed by atoms with Crippen LogP contribution >= 0.6 is 11.6 Å². The Balaban J connectivity index is 2.32. The highest BCUT2D eigenvalue weighted by molar-refractivity contribution is 7.89. The van der Waals surface area contributed by atoms with Crippen LogP contribution in [0.5, 0.6) is 0 Å². The fourth-order valence-electron chi connectivity index (χ4n) is 2.25. The molecule has 0 bridgehead atoms. The first-order valence-corrected chi connectivity index (χ1v) is 8.88. The fraction of sp³-hybridized carbons (Fsp3) is 0.429. The number of nitrogens with zero attached hydrogens (tertiary/aromatic N) is 1. The van der Waals surface area contributed by atoms with Crippen LogP contribution in [-0.2, 0) is 14.8 Å². The van der Waals surface area contributed by atoms with Crippen molar-refractivity contribution >= 4 is 33.5 Å². The second-order valence-corrected chi connectivity index (χ2v) is 7.60. The summed E-state index contributed by atoms with van der Waals surface area (Å²) in [6.07, 6.45) is 1.57. The van der Waals surface area contributed by atoms with Gasteiger partial charge in [-0.3, -0.25) is 9.59 Å². The largest absolute Gasteiger partial charge is 0.480 e. The molecular weight excluding hydrogens is 344 g/mol. The quantitative estimate of drug-likeness (QED) is 0.824. The van der Waals surface area contributed by atoms with Crippen molar-refractivity contribution < 1.29 is 23.1 Å². The lowest BCUT2D eigenvalue weighted by Crippen LogP contribution is -2.38. The van der Waals surface area contributed by atoms with Crippen molar-refractivity contribution in [3.8, 4) is 0 Å². The molecule has 0 unspecified atom stereocenters. The smallest absolute Gasteiger partial charge is 0.325 e. The molecule has 1 saturated heterocycles. The molecule has 1 fully saturated rings. The third-order valence-electron chi connectivity index (χ3n) is 3.59. The van der Waals surface area contributed by atoms with Gasteiger partial charge in [0.1, 0.15) is 10.9 Å². The first kappa shape index (κ1) is 17.7. The zero-order chi connectivity index (χ0) is 17.2. The number of carboxylic acids is 1. The summed E-state index contributed by atoms with van der Waals surface area (Å²) in [6, 6.07) is 2.77. The van der Waals surface area contributed by atoms with Gasteiger partial charge in [0.05, 0.1) is 5.02 Å². The Labute approximate surface area is 139 Å². The van der Waals surface area contributed by atoms with Crippen LogP contribution in [0.2, 0.25) is 5.02 Å². The highest BCUT2D eigenvalue weighted by Crippen LogP contribution is 2.28. The molecule has 7 nitrogen and oxygen atoms in total. The molecule has 0 aliphatic carbocycles. The number of carbonyl (C=O) groups excluding carboxylic acids is 1. The van der Waals surface area contributed by atoms with Gasteiger partial charge in [-0.2, -0.15) is 4.31 Å². The third kappa shape index (κ3) is 3.82. The Morgan fingerprint density at radius 3 is 2.48 bits per heavy atom. The van der Waals surface area contributed by atoms with E-state index in [1.54, 1.807) is 0 Å². The molecule has 2 rings (SSSR count). The Hall–Kier alpha value is -1.64. The van der Waals surface area contributed by atoms with Crippen molar-refractivity contribution in [2.45, 2.75) is 30.7 Å². The second-order valence-electron chi connectivity index (χ2n) is 5.29. The number of hydrogen-bond donors (Lipinski definition) is 2. The van der Waals surface area contributed by atoms with Crippen LogP contribution in [0, 0.1) is 0 Å². The average molecular weight is 361 g/mol. The number of hydrogen-bond acceptors (Lipinski definition) is 4. The average Bonchev–Trinajstić information content (AvgIpc) is 3.02. The van der Waals surface area contributed by atoms with Gasteiger partial charge in [-0.25, -0.2) is 8.42 Å². The van der Waals surface area contributed by atoms with Gasteiger partial charge in [0, 0.05) is 18.7 Å². The van der Waals surface area contributed by atoms with Gasteiger partial charge in [-0.15, -0.1) is 0 Å². The van der Waals surface area contributed by atoms with E-state index in [0.717, 1.165) is 12.8 Å². The van der Waals surface area contributed by atoms with Gasteiger partial charge in [0.25, 0.3) is 5.91 Å². The number of benzene rings is 1. The van der Waals surface area contributed by atoms with Gasteiger partial charge in [0.15, 0.2) is 0 Å². The van der Waals surface area contributed by atoms with Crippen molar-refractivity contribution in [1.82, 2.24) is 9.62 Å². The molecule has 9 heteroatoms. The molecule has 0 aromatic heterocycles.